The Bertz CT molecular complexity index is 1130. The van der Waals surface area contributed by atoms with E-state index in [-0.39, 0.29) is 16.4 Å². The zero-order valence-electron chi connectivity index (χ0n) is 18.8. The first-order valence-electron chi connectivity index (χ1n) is 11.4. The summed E-state index contributed by atoms with van der Waals surface area (Å²) in [6.07, 6.45) is 1.42. The summed E-state index contributed by atoms with van der Waals surface area (Å²) in [6, 6.07) is 16.6. The van der Waals surface area contributed by atoms with Gasteiger partial charge in [0.2, 0.25) is 11.6 Å². The zero-order valence-corrected chi connectivity index (χ0v) is 18.8. The predicted molar refractivity (Wildman–Crippen MR) is 130 cm³/mol. The van der Waals surface area contributed by atoms with Gasteiger partial charge in [0.1, 0.15) is 12.1 Å². The van der Waals surface area contributed by atoms with Crippen LogP contribution in [0.5, 0.6) is 0 Å². The number of para-hydroxylation sites is 1. The van der Waals surface area contributed by atoms with E-state index in [1.807, 2.05) is 28.0 Å². The van der Waals surface area contributed by atoms with Gasteiger partial charge in [0.15, 0.2) is 0 Å². The van der Waals surface area contributed by atoms with Gasteiger partial charge in [-0.15, -0.1) is 0 Å². The molecule has 0 amide bonds. The number of nitro groups is 1. The molecule has 0 N–H and O–H groups in total. The third-order valence-corrected chi connectivity index (χ3v) is 6.44. The van der Waals surface area contributed by atoms with Crippen molar-refractivity contribution in [3.63, 3.8) is 0 Å². The van der Waals surface area contributed by atoms with E-state index in [9.17, 15) is 14.5 Å². The molecule has 5 rings (SSSR count). The molecule has 0 aliphatic carbocycles. The second-order valence-electron chi connectivity index (χ2n) is 8.39. The van der Waals surface area contributed by atoms with Crippen molar-refractivity contribution >= 4 is 28.7 Å². The number of halogens is 1. The maximum Gasteiger partial charge on any atom is 0.353 e. The van der Waals surface area contributed by atoms with E-state index in [0.717, 1.165) is 24.5 Å². The van der Waals surface area contributed by atoms with E-state index in [2.05, 4.69) is 31.9 Å². The van der Waals surface area contributed by atoms with Gasteiger partial charge in [-0.1, -0.05) is 18.2 Å². The average molecular weight is 464 g/mol. The van der Waals surface area contributed by atoms with Gasteiger partial charge in [0, 0.05) is 63.7 Å². The Morgan fingerprint density at radius 3 is 1.59 bits per heavy atom. The monoisotopic (exact) mass is 463 g/mol. The molecule has 176 valence electrons. The molecule has 2 aliphatic rings. The van der Waals surface area contributed by atoms with Crippen molar-refractivity contribution in [2.24, 2.45) is 0 Å². The van der Waals surface area contributed by atoms with Crippen LogP contribution in [0.4, 0.5) is 33.1 Å². The van der Waals surface area contributed by atoms with Crippen LogP contribution >= 0.6 is 0 Å². The largest absolute Gasteiger partial charge is 0.368 e. The van der Waals surface area contributed by atoms with Crippen LogP contribution in [0.1, 0.15) is 0 Å². The van der Waals surface area contributed by atoms with Gasteiger partial charge in [-0.3, -0.25) is 10.1 Å². The Morgan fingerprint density at radius 1 is 0.676 bits per heavy atom. The second-order valence-corrected chi connectivity index (χ2v) is 8.39. The molecule has 2 aromatic carbocycles. The van der Waals surface area contributed by atoms with Gasteiger partial charge >= 0.3 is 5.69 Å². The molecule has 0 bridgehead atoms. The van der Waals surface area contributed by atoms with Crippen LogP contribution in [0.2, 0.25) is 0 Å². The normalized spacial score (nSPS) is 16.6. The lowest BCUT2D eigenvalue weighted by molar-refractivity contribution is -0.383. The summed E-state index contributed by atoms with van der Waals surface area (Å²) in [5, 5.41) is 12.1. The molecular weight excluding hydrogens is 437 g/mol. The first kappa shape index (κ1) is 21.9. The van der Waals surface area contributed by atoms with Crippen molar-refractivity contribution in [2.45, 2.75) is 0 Å². The fraction of sp³-hybridized carbons (Fsp3) is 0.333. The maximum absolute atomic E-state index is 13.2. The molecule has 0 unspecified atom stereocenters. The molecule has 3 heterocycles. The first-order valence-corrected chi connectivity index (χ1v) is 11.4. The van der Waals surface area contributed by atoms with E-state index < -0.39 is 0 Å². The number of benzene rings is 2. The number of aromatic nitrogens is 2. The smallest absolute Gasteiger partial charge is 0.353 e. The summed E-state index contributed by atoms with van der Waals surface area (Å²) < 4.78 is 13.2. The highest BCUT2D eigenvalue weighted by atomic mass is 19.1. The van der Waals surface area contributed by atoms with Crippen molar-refractivity contribution < 1.29 is 9.31 Å². The lowest BCUT2D eigenvalue weighted by atomic mass is 10.2. The van der Waals surface area contributed by atoms with Crippen LogP contribution in [0.15, 0.2) is 60.9 Å². The average Bonchev–Trinajstić information content (AvgIpc) is 2.89. The molecule has 2 fully saturated rings. The van der Waals surface area contributed by atoms with E-state index in [1.54, 1.807) is 12.1 Å². The Labute approximate surface area is 197 Å². The minimum atomic E-state index is -0.361. The van der Waals surface area contributed by atoms with E-state index in [4.69, 9.17) is 0 Å². The molecule has 0 saturated carbocycles. The van der Waals surface area contributed by atoms with Crippen LogP contribution < -0.4 is 19.6 Å². The Morgan fingerprint density at radius 2 is 1.12 bits per heavy atom. The molecule has 1 aromatic heterocycles. The molecule has 0 atom stereocenters. The van der Waals surface area contributed by atoms with Crippen molar-refractivity contribution in [3.8, 4) is 0 Å². The van der Waals surface area contributed by atoms with E-state index >= 15 is 0 Å². The summed E-state index contributed by atoms with van der Waals surface area (Å²) in [4.78, 5) is 28.8. The topological polar surface area (TPSA) is 81.9 Å². The SMILES string of the molecule is O=[N+]([O-])c1c(N2CCN(c3ccccc3)CC2)ncnc1N1CCN(c2ccc(F)cc2)CC1. The fourth-order valence-electron chi connectivity index (χ4n) is 4.63. The van der Waals surface area contributed by atoms with Crippen molar-refractivity contribution in [3.05, 3.63) is 76.9 Å². The van der Waals surface area contributed by atoms with Crippen LogP contribution in [-0.4, -0.2) is 67.2 Å². The summed E-state index contributed by atoms with van der Waals surface area (Å²) in [5.41, 5.74) is 2.06. The van der Waals surface area contributed by atoms with Crippen LogP contribution in [-0.2, 0) is 0 Å². The Hall–Kier alpha value is -3.95. The molecule has 9 nitrogen and oxygen atoms in total. The summed E-state index contributed by atoms with van der Waals surface area (Å²) in [5.74, 6) is 0.471. The third kappa shape index (κ3) is 4.43. The Balaban J connectivity index is 1.31. The molecule has 0 spiro atoms. The quantitative estimate of drug-likeness (QED) is 0.422. The lowest BCUT2D eigenvalue weighted by Crippen LogP contribution is -2.48. The molecule has 10 heteroatoms. The van der Waals surface area contributed by atoms with Crippen LogP contribution in [0, 0.1) is 15.9 Å². The van der Waals surface area contributed by atoms with E-state index in [0.29, 0.717) is 50.9 Å². The number of hydrogen-bond donors (Lipinski definition) is 0. The number of rotatable bonds is 5. The van der Waals surface area contributed by atoms with Crippen LogP contribution in [0.25, 0.3) is 0 Å². The molecule has 2 saturated heterocycles. The minimum absolute atomic E-state index is 0.0362. The predicted octanol–water partition coefficient (Wildman–Crippen LogP) is 3.18. The highest BCUT2D eigenvalue weighted by Crippen LogP contribution is 2.35. The van der Waals surface area contributed by atoms with Crippen LogP contribution in [0.3, 0.4) is 0 Å². The van der Waals surface area contributed by atoms with Gasteiger partial charge in [-0.05, 0) is 36.4 Å². The zero-order chi connectivity index (χ0) is 23.5. The summed E-state index contributed by atoms with van der Waals surface area (Å²) >= 11 is 0. The standard InChI is InChI=1S/C24H26FN7O2/c25-19-6-8-21(9-7-19)29-12-16-31(17-13-29)24-22(32(33)34)23(26-18-27-24)30-14-10-28(11-15-30)20-4-2-1-3-5-20/h1-9,18H,10-17H2. The highest BCUT2D eigenvalue weighted by molar-refractivity contribution is 5.72. The lowest BCUT2D eigenvalue weighted by Gasteiger charge is -2.38. The van der Waals surface area contributed by atoms with Gasteiger partial charge < -0.3 is 19.6 Å². The summed E-state index contributed by atoms with van der Waals surface area (Å²) in [7, 11) is 0. The molecular formula is C24H26FN7O2. The Kier molecular flexibility index (Phi) is 6.11. The van der Waals surface area contributed by atoms with Crippen molar-refractivity contribution in [1.29, 1.82) is 0 Å². The van der Waals surface area contributed by atoms with Gasteiger partial charge in [-0.25, -0.2) is 14.4 Å². The van der Waals surface area contributed by atoms with Gasteiger partial charge in [-0.2, -0.15) is 0 Å². The second kappa shape index (κ2) is 9.50. The number of nitrogens with zero attached hydrogens (tertiary/aromatic N) is 7. The molecule has 3 aromatic rings. The molecule has 0 radical (unpaired) electrons. The van der Waals surface area contributed by atoms with Crippen molar-refractivity contribution in [1.82, 2.24) is 9.97 Å². The van der Waals surface area contributed by atoms with Crippen molar-refractivity contribution in [2.75, 3.05) is 72.0 Å². The molecule has 34 heavy (non-hydrogen) atoms. The fourth-order valence-corrected chi connectivity index (χ4v) is 4.63. The summed E-state index contributed by atoms with van der Waals surface area (Å²) in [6.45, 7) is 5.30. The van der Waals surface area contributed by atoms with Gasteiger partial charge in [0.05, 0.1) is 4.92 Å². The first-order chi connectivity index (χ1) is 16.6. The highest BCUT2D eigenvalue weighted by Gasteiger charge is 2.33. The number of piperazine rings is 2. The minimum Gasteiger partial charge on any atom is -0.368 e. The number of hydrogen-bond acceptors (Lipinski definition) is 8. The maximum atomic E-state index is 13.2. The van der Waals surface area contributed by atoms with E-state index in [1.165, 1.54) is 18.5 Å². The third-order valence-electron chi connectivity index (χ3n) is 6.44. The molecule has 2 aliphatic heterocycles. The number of anilines is 4. The van der Waals surface area contributed by atoms with Gasteiger partial charge in [0.25, 0.3) is 0 Å².